The van der Waals surface area contributed by atoms with Crippen molar-refractivity contribution in [2.75, 3.05) is 31.1 Å². The van der Waals surface area contributed by atoms with Crippen LogP contribution in [0.2, 0.25) is 0 Å². The van der Waals surface area contributed by atoms with Crippen LogP contribution >= 0.6 is 0 Å². The van der Waals surface area contributed by atoms with Gasteiger partial charge in [-0.05, 0) is 43.2 Å². The fraction of sp³-hybridized carbons (Fsp3) is 0.379. The fourth-order valence-corrected chi connectivity index (χ4v) is 5.00. The highest BCUT2D eigenvalue weighted by molar-refractivity contribution is 5.91. The zero-order valence-electron chi connectivity index (χ0n) is 21.7. The zero-order valence-corrected chi connectivity index (χ0v) is 21.7. The molecule has 0 spiro atoms. The summed E-state index contributed by atoms with van der Waals surface area (Å²) in [5, 5.41) is 5.69. The number of amides is 1. The molecule has 2 aromatic carbocycles. The van der Waals surface area contributed by atoms with Crippen molar-refractivity contribution >= 4 is 22.8 Å². The number of fused-ring (bicyclic) bond motifs is 1. The number of nitrogens with zero attached hydrogens (tertiary/aromatic N) is 6. The lowest BCUT2D eigenvalue weighted by Crippen LogP contribution is -2.49. The highest BCUT2D eigenvalue weighted by Gasteiger charge is 2.27. The van der Waals surface area contributed by atoms with Crippen LogP contribution in [0.15, 0.2) is 54.6 Å². The monoisotopic (exact) mass is 500 g/mol. The largest absolute Gasteiger partial charge is 0.352 e. The van der Waals surface area contributed by atoms with E-state index in [2.05, 4.69) is 18.7 Å². The molecule has 1 aliphatic heterocycles. The summed E-state index contributed by atoms with van der Waals surface area (Å²) in [6.07, 6.45) is 2.44. The average molecular weight is 501 g/mol. The maximum Gasteiger partial charge on any atom is 0.227 e. The Hall–Kier alpha value is -3.81. The summed E-state index contributed by atoms with van der Waals surface area (Å²) in [6.45, 7) is 8.94. The second kappa shape index (κ2) is 10.7. The van der Waals surface area contributed by atoms with Gasteiger partial charge in [0.1, 0.15) is 17.5 Å². The fourth-order valence-electron chi connectivity index (χ4n) is 5.00. The third-order valence-corrected chi connectivity index (χ3v) is 7.06. The normalized spacial score (nSPS) is 14.8. The third kappa shape index (κ3) is 5.19. The Morgan fingerprint density at radius 3 is 2.38 bits per heavy atom. The highest BCUT2D eigenvalue weighted by atomic mass is 19.1. The molecule has 0 N–H and O–H groups in total. The Labute approximate surface area is 216 Å². The molecule has 7 nitrogen and oxygen atoms in total. The van der Waals surface area contributed by atoms with Crippen molar-refractivity contribution < 1.29 is 9.18 Å². The van der Waals surface area contributed by atoms with Crippen LogP contribution in [0.25, 0.3) is 16.7 Å². The first-order valence-corrected chi connectivity index (χ1v) is 13.0. The third-order valence-electron chi connectivity index (χ3n) is 7.06. The molecule has 4 aromatic rings. The number of carbonyl (C=O) groups excluding carboxylic acids is 1. The van der Waals surface area contributed by atoms with Crippen molar-refractivity contribution in [2.24, 2.45) is 0 Å². The number of halogens is 1. The molecule has 1 atom stereocenters. The average Bonchev–Trinajstić information content (AvgIpc) is 3.25. The molecule has 3 heterocycles. The minimum atomic E-state index is -0.288. The van der Waals surface area contributed by atoms with Crippen LogP contribution in [0.4, 0.5) is 10.2 Å². The number of aryl methyl sites for hydroxylation is 1. The standard InChI is InChI=1S/C29H33FN6O/c1-4-8-20(2)27-31-28(26-21(3)33-36(29(26)32-27)24-13-11-23(30)12-14-24)35-17-15-34(16-18-35)25(37)19-22-9-6-5-7-10-22/h5-7,9-14,20H,4,8,15-19H2,1-3H3/t20-/m0/s1. The number of piperazine rings is 1. The quantitative estimate of drug-likeness (QED) is 0.355. The van der Waals surface area contributed by atoms with E-state index in [-0.39, 0.29) is 17.6 Å². The predicted molar refractivity (Wildman–Crippen MR) is 144 cm³/mol. The second-order valence-electron chi connectivity index (χ2n) is 9.80. The molecule has 2 aromatic heterocycles. The van der Waals surface area contributed by atoms with E-state index in [4.69, 9.17) is 15.1 Å². The summed E-state index contributed by atoms with van der Waals surface area (Å²) in [6, 6.07) is 16.2. The molecule has 8 heteroatoms. The molecule has 1 saturated heterocycles. The minimum Gasteiger partial charge on any atom is -0.352 e. The molecule has 37 heavy (non-hydrogen) atoms. The summed E-state index contributed by atoms with van der Waals surface area (Å²) < 4.78 is 15.4. The van der Waals surface area contributed by atoms with Crippen LogP contribution in [0.3, 0.4) is 0 Å². The molecule has 0 bridgehead atoms. The highest BCUT2D eigenvalue weighted by Crippen LogP contribution is 2.32. The van der Waals surface area contributed by atoms with Gasteiger partial charge in [0, 0.05) is 32.1 Å². The summed E-state index contributed by atoms with van der Waals surface area (Å²) in [4.78, 5) is 27.1. The Bertz CT molecular complexity index is 1380. The van der Waals surface area contributed by atoms with Gasteiger partial charge in [-0.2, -0.15) is 5.10 Å². The van der Waals surface area contributed by atoms with Gasteiger partial charge in [-0.3, -0.25) is 4.79 Å². The molecular formula is C29H33FN6O. The molecule has 1 amide bonds. The Morgan fingerprint density at radius 1 is 1.00 bits per heavy atom. The lowest BCUT2D eigenvalue weighted by Gasteiger charge is -2.36. The van der Waals surface area contributed by atoms with Gasteiger partial charge in [-0.25, -0.2) is 19.0 Å². The van der Waals surface area contributed by atoms with Crippen molar-refractivity contribution in [1.29, 1.82) is 0 Å². The van der Waals surface area contributed by atoms with E-state index < -0.39 is 0 Å². The predicted octanol–water partition coefficient (Wildman–Crippen LogP) is 5.06. The lowest BCUT2D eigenvalue weighted by atomic mass is 10.1. The first kappa shape index (κ1) is 24.9. The van der Waals surface area contributed by atoms with Crippen molar-refractivity contribution in [2.45, 2.75) is 46.0 Å². The second-order valence-corrected chi connectivity index (χ2v) is 9.80. The number of rotatable bonds is 7. The maximum atomic E-state index is 13.6. The number of aromatic nitrogens is 4. The van der Waals surface area contributed by atoms with Crippen LogP contribution in [0.5, 0.6) is 0 Å². The Balaban J connectivity index is 1.46. The number of anilines is 1. The molecule has 1 fully saturated rings. The van der Waals surface area contributed by atoms with E-state index in [1.807, 2.05) is 42.2 Å². The van der Waals surface area contributed by atoms with E-state index in [9.17, 15) is 9.18 Å². The van der Waals surface area contributed by atoms with E-state index in [1.54, 1.807) is 16.8 Å². The molecular weight excluding hydrogens is 467 g/mol. The van der Waals surface area contributed by atoms with Gasteiger partial charge in [0.2, 0.25) is 5.91 Å². The molecule has 1 aliphatic rings. The van der Waals surface area contributed by atoms with Crippen LogP contribution in [-0.4, -0.2) is 56.7 Å². The molecule has 5 rings (SSSR count). The van der Waals surface area contributed by atoms with E-state index in [0.29, 0.717) is 32.6 Å². The lowest BCUT2D eigenvalue weighted by molar-refractivity contribution is -0.130. The maximum absolute atomic E-state index is 13.6. The van der Waals surface area contributed by atoms with Crippen LogP contribution < -0.4 is 4.90 Å². The first-order valence-electron chi connectivity index (χ1n) is 13.0. The number of hydrogen-bond donors (Lipinski definition) is 0. The number of hydrogen-bond acceptors (Lipinski definition) is 5. The van der Waals surface area contributed by atoms with Gasteiger partial charge in [0.15, 0.2) is 5.65 Å². The van der Waals surface area contributed by atoms with Gasteiger partial charge >= 0.3 is 0 Å². The van der Waals surface area contributed by atoms with Gasteiger partial charge in [-0.1, -0.05) is 50.6 Å². The van der Waals surface area contributed by atoms with Crippen LogP contribution in [-0.2, 0) is 11.2 Å². The summed E-state index contributed by atoms with van der Waals surface area (Å²) in [7, 11) is 0. The SMILES string of the molecule is CCC[C@H](C)c1nc(N2CCN(C(=O)Cc3ccccc3)CC2)c2c(C)nn(-c3ccc(F)cc3)c2n1. The van der Waals surface area contributed by atoms with E-state index >= 15 is 0 Å². The minimum absolute atomic E-state index is 0.149. The van der Waals surface area contributed by atoms with Gasteiger partial charge in [0.05, 0.1) is 23.2 Å². The van der Waals surface area contributed by atoms with Crippen molar-refractivity contribution in [1.82, 2.24) is 24.6 Å². The smallest absolute Gasteiger partial charge is 0.227 e. The van der Waals surface area contributed by atoms with Gasteiger partial charge in [0.25, 0.3) is 0 Å². The number of carbonyl (C=O) groups is 1. The Kier molecular flexibility index (Phi) is 7.17. The molecule has 0 radical (unpaired) electrons. The molecule has 0 unspecified atom stereocenters. The topological polar surface area (TPSA) is 67.2 Å². The zero-order chi connectivity index (χ0) is 25.9. The molecule has 0 aliphatic carbocycles. The summed E-state index contributed by atoms with van der Waals surface area (Å²) >= 11 is 0. The molecule has 0 saturated carbocycles. The van der Waals surface area contributed by atoms with Crippen LogP contribution in [0.1, 0.15) is 49.7 Å². The van der Waals surface area contributed by atoms with Crippen molar-refractivity contribution in [3.05, 3.63) is 77.5 Å². The molecule has 192 valence electrons. The Morgan fingerprint density at radius 2 is 1.70 bits per heavy atom. The first-order chi connectivity index (χ1) is 17.9. The van der Waals surface area contributed by atoms with Crippen LogP contribution in [0, 0.1) is 12.7 Å². The number of benzene rings is 2. The van der Waals surface area contributed by atoms with Crippen molar-refractivity contribution in [3.8, 4) is 5.69 Å². The summed E-state index contributed by atoms with van der Waals surface area (Å²) in [5.41, 5.74) is 3.35. The van der Waals surface area contributed by atoms with E-state index in [1.165, 1.54) is 12.1 Å². The van der Waals surface area contributed by atoms with E-state index in [0.717, 1.165) is 52.5 Å². The van der Waals surface area contributed by atoms with Gasteiger partial charge in [-0.15, -0.1) is 0 Å². The van der Waals surface area contributed by atoms with Crippen molar-refractivity contribution in [3.63, 3.8) is 0 Å². The summed E-state index contributed by atoms with van der Waals surface area (Å²) in [5.74, 6) is 1.71. The van der Waals surface area contributed by atoms with Gasteiger partial charge < -0.3 is 9.80 Å².